The molecule has 0 spiro atoms. The lowest BCUT2D eigenvalue weighted by atomic mass is 10.2. The zero-order valence-corrected chi connectivity index (χ0v) is 12.5. The van der Waals surface area contributed by atoms with Crippen LogP contribution in [0.5, 0.6) is 0 Å². The third-order valence-electron chi connectivity index (χ3n) is 3.43. The van der Waals surface area contributed by atoms with Gasteiger partial charge in [0.15, 0.2) is 0 Å². The largest absolute Gasteiger partial charge is 0.444 e. The average molecular weight is 284 g/mol. The van der Waals surface area contributed by atoms with E-state index in [2.05, 4.69) is 5.32 Å². The van der Waals surface area contributed by atoms with Gasteiger partial charge in [0.05, 0.1) is 6.04 Å². The van der Waals surface area contributed by atoms with Gasteiger partial charge in [-0.15, -0.1) is 0 Å². The highest BCUT2D eigenvalue weighted by molar-refractivity contribution is 5.81. The zero-order valence-electron chi connectivity index (χ0n) is 12.5. The van der Waals surface area contributed by atoms with E-state index in [0.717, 1.165) is 19.3 Å². The fourth-order valence-corrected chi connectivity index (χ4v) is 2.53. The van der Waals surface area contributed by atoms with Gasteiger partial charge in [0.2, 0.25) is 0 Å². The second-order valence-corrected chi connectivity index (χ2v) is 6.42. The molecule has 1 N–H and O–H groups in total. The molecule has 2 unspecified atom stereocenters. The van der Waals surface area contributed by atoms with Crippen molar-refractivity contribution in [3.63, 3.8) is 0 Å². The number of alkyl carbamates (subject to hydrolysis) is 1. The van der Waals surface area contributed by atoms with Crippen molar-refractivity contribution in [2.24, 2.45) is 0 Å². The van der Waals surface area contributed by atoms with Gasteiger partial charge in [-0.1, -0.05) is 0 Å². The van der Waals surface area contributed by atoms with E-state index in [4.69, 9.17) is 9.47 Å². The summed E-state index contributed by atoms with van der Waals surface area (Å²) in [6.07, 6.45) is 1.81. The van der Waals surface area contributed by atoms with E-state index in [1.165, 1.54) is 0 Å². The van der Waals surface area contributed by atoms with Gasteiger partial charge in [-0.05, 0) is 40.0 Å². The Bertz CT molecular complexity index is 372. The van der Waals surface area contributed by atoms with Crippen LogP contribution in [0.15, 0.2) is 0 Å². The molecule has 20 heavy (non-hydrogen) atoms. The van der Waals surface area contributed by atoms with Crippen molar-refractivity contribution in [2.45, 2.75) is 57.8 Å². The van der Waals surface area contributed by atoms with Gasteiger partial charge < -0.3 is 19.7 Å². The summed E-state index contributed by atoms with van der Waals surface area (Å²) < 4.78 is 10.6. The number of rotatable bonds is 2. The third-order valence-corrected chi connectivity index (χ3v) is 3.43. The summed E-state index contributed by atoms with van der Waals surface area (Å²) in [5, 5.41) is 2.81. The second kappa shape index (κ2) is 5.99. The van der Waals surface area contributed by atoms with Crippen LogP contribution in [-0.2, 0) is 14.3 Å². The minimum absolute atomic E-state index is 0.0322. The first-order valence-corrected chi connectivity index (χ1v) is 7.25. The minimum Gasteiger partial charge on any atom is -0.444 e. The van der Waals surface area contributed by atoms with Crippen molar-refractivity contribution in [1.29, 1.82) is 0 Å². The molecule has 2 aliphatic heterocycles. The fourth-order valence-electron chi connectivity index (χ4n) is 2.53. The Morgan fingerprint density at radius 1 is 1.30 bits per heavy atom. The first kappa shape index (κ1) is 15.1. The summed E-state index contributed by atoms with van der Waals surface area (Å²) in [4.78, 5) is 25.6. The summed E-state index contributed by atoms with van der Waals surface area (Å²) in [5.41, 5.74) is -0.504. The normalized spacial score (nSPS) is 26.6. The number of likely N-dealkylation sites (tertiary alicyclic amines) is 1. The molecular weight excluding hydrogens is 260 g/mol. The summed E-state index contributed by atoms with van der Waals surface area (Å²) in [6, 6.07) is -0.0322. The van der Waals surface area contributed by atoms with Crippen LogP contribution in [0.1, 0.15) is 40.0 Å². The predicted octanol–water partition coefficient (Wildman–Crippen LogP) is 1.29. The van der Waals surface area contributed by atoms with E-state index in [1.54, 1.807) is 4.90 Å². The van der Waals surface area contributed by atoms with Crippen molar-refractivity contribution in [3.8, 4) is 0 Å². The maximum absolute atomic E-state index is 12.2. The Morgan fingerprint density at radius 2 is 2.05 bits per heavy atom. The molecule has 2 fully saturated rings. The molecular formula is C14H24N2O4. The topological polar surface area (TPSA) is 67.9 Å². The molecule has 2 aliphatic rings. The molecule has 6 nitrogen and oxygen atoms in total. The van der Waals surface area contributed by atoms with Gasteiger partial charge in [-0.2, -0.15) is 0 Å². The van der Waals surface area contributed by atoms with Crippen molar-refractivity contribution in [2.75, 3.05) is 19.7 Å². The van der Waals surface area contributed by atoms with Crippen LogP contribution in [0.3, 0.4) is 0 Å². The number of carbonyl (C=O) groups excluding carboxylic acids is 2. The number of ether oxygens (including phenoxy) is 2. The summed E-state index contributed by atoms with van der Waals surface area (Å²) in [7, 11) is 0. The molecule has 6 heteroatoms. The molecule has 2 heterocycles. The standard InChI is InChI=1S/C14H24N2O4/c1-14(2,3)20-13(18)15-10-6-7-16(9-10)12(17)11-5-4-8-19-11/h10-11H,4-9H2,1-3H3,(H,15,18). The number of nitrogens with zero attached hydrogens (tertiary/aromatic N) is 1. The first-order valence-electron chi connectivity index (χ1n) is 7.25. The van der Waals surface area contributed by atoms with Gasteiger partial charge in [0.1, 0.15) is 11.7 Å². The lowest BCUT2D eigenvalue weighted by Crippen LogP contribution is -2.43. The van der Waals surface area contributed by atoms with Crippen LogP contribution in [0.2, 0.25) is 0 Å². The Balaban J connectivity index is 1.77. The van der Waals surface area contributed by atoms with Crippen molar-refractivity contribution in [1.82, 2.24) is 10.2 Å². The highest BCUT2D eigenvalue weighted by atomic mass is 16.6. The van der Waals surface area contributed by atoms with Gasteiger partial charge in [-0.3, -0.25) is 4.79 Å². The number of hydrogen-bond acceptors (Lipinski definition) is 4. The van der Waals surface area contributed by atoms with Crippen molar-refractivity contribution >= 4 is 12.0 Å². The second-order valence-electron chi connectivity index (χ2n) is 6.42. The molecule has 0 aromatic carbocycles. The van der Waals surface area contributed by atoms with Crippen molar-refractivity contribution < 1.29 is 19.1 Å². The number of amides is 2. The average Bonchev–Trinajstić information content (AvgIpc) is 2.95. The van der Waals surface area contributed by atoms with Crippen LogP contribution >= 0.6 is 0 Å². The van der Waals surface area contributed by atoms with E-state index in [0.29, 0.717) is 19.7 Å². The predicted molar refractivity (Wildman–Crippen MR) is 73.3 cm³/mol. The molecule has 2 atom stereocenters. The third kappa shape index (κ3) is 4.10. The SMILES string of the molecule is CC(C)(C)OC(=O)NC1CCN(C(=O)C2CCCO2)C1. The smallest absolute Gasteiger partial charge is 0.407 e. The van der Waals surface area contributed by atoms with Crippen LogP contribution in [0.25, 0.3) is 0 Å². The summed E-state index contributed by atoms with van der Waals surface area (Å²) >= 11 is 0. The molecule has 0 aromatic heterocycles. The van der Waals surface area contributed by atoms with Crippen LogP contribution in [0.4, 0.5) is 4.79 Å². The molecule has 0 aromatic rings. The highest BCUT2D eigenvalue weighted by Crippen LogP contribution is 2.18. The van der Waals surface area contributed by atoms with Crippen LogP contribution in [0, 0.1) is 0 Å². The summed E-state index contributed by atoms with van der Waals surface area (Å²) in [6.45, 7) is 7.36. The lowest BCUT2D eigenvalue weighted by molar-refractivity contribution is -0.139. The zero-order chi connectivity index (χ0) is 14.8. The van der Waals surface area contributed by atoms with Gasteiger partial charge in [0.25, 0.3) is 5.91 Å². The number of hydrogen-bond donors (Lipinski definition) is 1. The van der Waals surface area contributed by atoms with E-state index in [1.807, 2.05) is 20.8 Å². The molecule has 0 radical (unpaired) electrons. The molecule has 2 rings (SSSR count). The maximum atomic E-state index is 12.2. The number of nitrogens with one attached hydrogen (secondary N) is 1. The number of carbonyl (C=O) groups is 2. The monoisotopic (exact) mass is 284 g/mol. The van der Waals surface area contributed by atoms with E-state index >= 15 is 0 Å². The van der Waals surface area contributed by atoms with E-state index in [-0.39, 0.29) is 18.1 Å². The molecule has 0 aliphatic carbocycles. The molecule has 0 bridgehead atoms. The van der Waals surface area contributed by atoms with Crippen LogP contribution in [-0.4, -0.2) is 54.3 Å². The lowest BCUT2D eigenvalue weighted by Gasteiger charge is -2.22. The first-order chi connectivity index (χ1) is 9.35. The van der Waals surface area contributed by atoms with Gasteiger partial charge >= 0.3 is 6.09 Å². The molecule has 2 amide bonds. The van der Waals surface area contributed by atoms with Gasteiger partial charge in [-0.25, -0.2) is 4.79 Å². The van der Waals surface area contributed by atoms with E-state index < -0.39 is 11.7 Å². The Morgan fingerprint density at radius 3 is 2.65 bits per heavy atom. The minimum atomic E-state index is -0.504. The quantitative estimate of drug-likeness (QED) is 0.829. The molecule has 2 saturated heterocycles. The van der Waals surface area contributed by atoms with E-state index in [9.17, 15) is 9.59 Å². The van der Waals surface area contributed by atoms with Crippen LogP contribution < -0.4 is 5.32 Å². The molecule has 0 saturated carbocycles. The molecule has 114 valence electrons. The fraction of sp³-hybridized carbons (Fsp3) is 0.857. The summed E-state index contributed by atoms with van der Waals surface area (Å²) in [5.74, 6) is 0.0518. The Labute approximate surface area is 119 Å². The van der Waals surface area contributed by atoms with Crippen molar-refractivity contribution in [3.05, 3.63) is 0 Å². The van der Waals surface area contributed by atoms with Gasteiger partial charge in [0, 0.05) is 19.7 Å². The highest BCUT2D eigenvalue weighted by Gasteiger charge is 2.34. The Kier molecular flexibility index (Phi) is 4.52. The Hall–Kier alpha value is -1.30. The maximum Gasteiger partial charge on any atom is 0.407 e.